The van der Waals surface area contributed by atoms with Crippen molar-refractivity contribution in [3.8, 4) is 16.8 Å². The molecule has 0 spiro atoms. The first-order valence-electron chi connectivity index (χ1n) is 9.75. The van der Waals surface area contributed by atoms with E-state index in [0.29, 0.717) is 34.3 Å². The van der Waals surface area contributed by atoms with E-state index >= 15 is 0 Å². The molecule has 0 aliphatic carbocycles. The summed E-state index contributed by atoms with van der Waals surface area (Å²) in [5, 5.41) is 9.99. The molecule has 8 heteroatoms. The maximum Gasteiger partial charge on any atom is 0.335 e. The number of hydrogen-bond acceptors (Lipinski definition) is 4. The molecule has 6 nitrogen and oxygen atoms in total. The smallest absolute Gasteiger partial charge is 0.335 e. The van der Waals surface area contributed by atoms with Crippen molar-refractivity contribution in [1.82, 2.24) is 4.57 Å². The van der Waals surface area contributed by atoms with E-state index in [1.54, 1.807) is 22.9 Å². The van der Waals surface area contributed by atoms with Crippen LogP contribution >= 0.6 is 0 Å². The summed E-state index contributed by atoms with van der Waals surface area (Å²) in [5.41, 5.74) is 4.15. The Labute approximate surface area is 183 Å². The molecule has 3 aromatic carbocycles. The number of aliphatic imine (C=N–C) groups is 1. The molecular weight excluding hydrogens is 431 g/mol. The van der Waals surface area contributed by atoms with Crippen LogP contribution < -0.4 is 0 Å². The highest BCUT2D eigenvalue weighted by Crippen LogP contribution is 2.41. The first kappa shape index (κ1) is 20.1. The first-order valence-corrected chi connectivity index (χ1v) is 11.6. The highest BCUT2D eigenvalue weighted by atomic mass is 32.2. The van der Waals surface area contributed by atoms with Gasteiger partial charge in [-0.3, -0.25) is 9.56 Å². The van der Waals surface area contributed by atoms with Crippen molar-refractivity contribution in [2.75, 3.05) is 6.26 Å². The minimum absolute atomic E-state index is 0.0581. The summed E-state index contributed by atoms with van der Waals surface area (Å²) >= 11 is 0. The lowest BCUT2D eigenvalue weighted by atomic mass is 10.00. The highest BCUT2D eigenvalue weighted by Gasteiger charge is 2.28. The van der Waals surface area contributed by atoms with Gasteiger partial charge in [0.25, 0.3) is 0 Å². The molecule has 5 rings (SSSR count). The normalized spacial score (nSPS) is 12.9. The van der Waals surface area contributed by atoms with Crippen LogP contribution in [-0.4, -0.2) is 36.5 Å². The fourth-order valence-electron chi connectivity index (χ4n) is 4.13. The lowest BCUT2D eigenvalue weighted by molar-refractivity contribution is 0.0697. The van der Waals surface area contributed by atoms with Crippen LogP contribution in [0.25, 0.3) is 27.7 Å². The van der Waals surface area contributed by atoms with Crippen LogP contribution in [0.15, 0.2) is 70.7 Å². The third-order valence-corrected chi connectivity index (χ3v) is 6.62. The summed E-state index contributed by atoms with van der Waals surface area (Å²) in [6.45, 7) is 0.499. The molecular formula is C24H17FN2O4S. The molecule has 4 aromatic rings. The van der Waals surface area contributed by atoms with Crippen molar-refractivity contribution >= 4 is 32.9 Å². The second kappa shape index (κ2) is 7.13. The predicted octanol–water partition coefficient (Wildman–Crippen LogP) is 4.47. The van der Waals surface area contributed by atoms with Gasteiger partial charge in [0.1, 0.15) is 10.8 Å². The average Bonchev–Trinajstić information content (AvgIpc) is 3.34. The quantitative estimate of drug-likeness (QED) is 0.499. The summed E-state index contributed by atoms with van der Waals surface area (Å²) in [6, 6.07) is 15.5. The largest absolute Gasteiger partial charge is 0.478 e. The van der Waals surface area contributed by atoms with Crippen LogP contribution in [-0.2, 0) is 16.4 Å². The van der Waals surface area contributed by atoms with Gasteiger partial charge in [0.05, 0.1) is 17.6 Å². The fourth-order valence-corrected chi connectivity index (χ4v) is 5.26. The number of carbonyl (C=O) groups is 1. The Morgan fingerprint density at radius 1 is 1.06 bits per heavy atom. The summed E-state index contributed by atoms with van der Waals surface area (Å²) < 4.78 is 41.4. The molecule has 160 valence electrons. The lowest BCUT2D eigenvalue weighted by Crippen LogP contribution is -2.08. The Morgan fingerprint density at radius 2 is 1.75 bits per heavy atom. The second-order valence-electron chi connectivity index (χ2n) is 7.68. The van der Waals surface area contributed by atoms with Crippen molar-refractivity contribution in [2.45, 2.75) is 11.6 Å². The maximum atomic E-state index is 13.6. The minimum Gasteiger partial charge on any atom is -0.478 e. The third kappa shape index (κ3) is 3.20. The Kier molecular flexibility index (Phi) is 4.49. The number of benzene rings is 3. The monoisotopic (exact) mass is 448 g/mol. The molecule has 0 unspecified atom stereocenters. The Morgan fingerprint density at radius 3 is 2.38 bits per heavy atom. The van der Waals surface area contributed by atoms with Gasteiger partial charge >= 0.3 is 5.97 Å². The molecule has 0 fully saturated rings. The zero-order valence-corrected chi connectivity index (χ0v) is 17.7. The van der Waals surface area contributed by atoms with Gasteiger partial charge in [0.2, 0.25) is 0 Å². The summed E-state index contributed by atoms with van der Waals surface area (Å²) in [4.78, 5) is 15.6. The van der Waals surface area contributed by atoms with Gasteiger partial charge in [-0.05, 0) is 65.2 Å². The molecule has 0 bridgehead atoms. The van der Waals surface area contributed by atoms with Crippen LogP contribution in [0, 0.1) is 5.82 Å². The summed E-state index contributed by atoms with van der Waals surface area (Å²) in [6.07, 6.45) is 2.88. The lowest BCUT2D eigenvalue weighted by Gasteiger charge is -2.11. The highest BCUT2D eigenvalue weighted by molar-refractivity contribution is 7.90. The van der Waals surface area contributed by atoms with Gasteiger partial charge in [-0.2, -0.15) is 0 Å². The Balaban J connectivity index is 1.93. The topological polar surface area (TPSA) is 88.7 Å². The number of fused-ring (bicyclic) bond motifs is 2. The predicted molar refractivity (Wildman–Crippen MR) is 120 cm³/mol. The molecule has 0 saturated carbocycles. The van der Waals surface area contributed by atoms with Crippen LogP contribution in [0.1, 0.15) is 21.5 Å². The number of hydrogen-bond donors (Lipinski definition) is 1. The second-order valence-corrected chi connectivity index (χ2v) is 9.62. The SMILES string of the molecule is CS(=O)(=O)c1c(-c2ccc(C(=O)O)cc2)c2cc3c(cc2n1-c1ccc(F)cc1)C=NC3. The average molecular weight is 448 g/mol. The molecule has 0 saturated heterocycles. The van der Waals surface area contributed by atoms with Crippen molar-refractivity contribution in [1.29, 1.82) is 0 Å². The number of rotatable bonds is 4. The third-order valence-electron chi connectivity index (χ3n) is 5.53. The standard InChI is InChI=1S/C24H17FN2O4S/c1-32(30,31)23-22(14-2-4-15(5-3-14)24(28)29)20-10-16-12-26-13-17(16)11-21(20)27(23)19-8-6-18(25)7-9-19/h2-11,13H,12H2,1H3,(H,28,29). The Hall–Kier alpha value is -3.78. The van der Waals surface area contributed by atoms with Crippen molar-refractivity contribution in [2.24, 2.45) is 4.99 Å². The van der Waals surface area contributed by atoms with Gasteiger partial charge < -0.3 is 5.11 Å². The number of halogens is 1. The molecule has 2 heterocycles. The van der Waals surface area contributed by atoms with E-state index in [4.69, 9.17) is 0 Å². The van der Waals surface area contributed by atoms with Gasteiger partial charge in [0, 0.05) is 29.1 Å². The van der Waals surface area contributed by atoms with E-state index in [1.165, 1.54) is 36.4 Å². The number of carboxylic acid groups (broad SMARTS) is 1. The fraction of sp³-hybridized carbons (Fsp3) is 0.0833. The number of nitrogens with zero attached hydrogens (tertiary/aromatic N) is 2. The van der Waals surface area contributed by atoms with Crippen LogP contribution in [0.4, 0.5) is 4.39 Å². The van der Waals surface area contributed by atoms with E-state index in [0.717, 1.165) is 17.4 Å². The summed E-state index contributed by atoms with van der Waals surface area (Å²) in [5.74, 6) is -1.49. The number of carboxylic acids is 1. The molecule has 0 radical (unpaired) electrons. The van der Waals surface area contributed by atoms with Gasteiger partial charge in [-0.15, -0.1) is 0 Å². The molecule has 1 N–H and O–H groups in total. The van der Waals surface area contributed by atoms with Crippen molar-refractivity contribution in [3.63, 3.8) is 0 Å². The Bertz CT molecular complexity index is 1530. The zero-order chi connectivity index (χ0) is 22.6. The van der Waals surface area contributed by atoms with Gasteiger partial charge in [0.15, 0.2) is 9.84 Å². The van der Waals surface area contributed by atoms with Crippen molar-refractivity contribution in [3.05, 3.63) is 83.2 Å². The number of aromatic carboxylic acids is 1. The van der Waals surface area contributed by atoms with E-state index in [-0.39, 0.29) is 10.6 Å². The van der Waals surface area contributed by atoms with E-state index in [2.05, 4.69) is 4.99 Å². The summed E-state index contributed by atoms with van der Waals surface area (Å²) in [7, 11) is -3.75. The van der Waals surface area contributed by atoms with E-state index in [9.17, 15) is 22.7 Å². The van der Waals surface area contributed by atoms with Crippen LogP contribution in [0.2, 0.25) is 0 Å². The number of aromatic nitrogens is 1. The van der Waals surface area contributed by atoms with Crippen molar-refractivity contribution < 1.29 is 22.7 Å². The number of sulfone groups is 1. The van der Waals surface area contributed by atoms with E-state index in [1.807, 2.05) is 12.1 Å². The first-order chi connectivity index (χ1) is 15.2. The van der Waals surface area contributed by atoms with E-state index < -0.39 is 21.6 Å². The van der Waals surface area contributed by atoms with Crippen LogP contribution in [0.5, 0.6) is 0 Å². The maximum absolute atomic E-state index is 13.6. The van der Waals surface area contributed by atoms with Crippen LogP contribution in [0.3, 0.4) is 0 Å². The molecule has 0 amide bonds. The van der Waals surface area contributed by atoms with Gasteiger partial charge in [-0.1, -0.05) is 12.1 Å². The van der Waals surface area contributed by atoms with Gasteiger partial charge in [-0.25, -0.2) is 17.6 Å². The molecule has 1 aliphatic rings. The molecule has 32 heavy (non-hydrogen) atoms. The zero-order valence-electron chi connectivity index (χ0n) is 16.9. The molecule has 1 aromatic heterocycles. The molecule has 0 atom stereocenters. The minimum atomic E-state index is -3.75. The molecule has 1 aliphatic heterocycles.